The SMILES string of the molecule is C[C@@H](NC(=O)[C@H]1CC[C@H](NS(=O)(=O)c2ccc3c(c2)OCO3)CC1)c1ccc(F)cc1. The van der Waals surface area contributed by atoms with Crippen molar-refractivity contribution in [3.05, 3.63) is 53.8 Å². The Morgan fingerprint density at radius 1 is 1.03 bits per heavy atom. The molecule has 1 aliphatic heterocycles. The average molecular weight is 449 g/mol. The van der Waals surface area contributed by atoms with Gasteiger partial charge in [0.1, 0.15) is 5.82 Å². The van der Waals surface area contributed by atoms with Crippen LogP contribution in [0, 0.1) is 11.7 Å². The van der Waals surface area contributed by atoms with E-state index in [0.717, 1.165) is 5.56 Å². The number of hydrogen-bond acceptors (Lipinski definition) is 5. The monoisotopic (exact) mass is 448 g/mol. The van der Waals surface area contributed by atoms with E-state index in [1.165, 1.54) is 24.3 Å². The highest BCUT2D eigenvalue weighted by Gasteiger charge is 2.30. The van der Waals surface area contributed by atoms with Crippen molar-refractivity contribution in [3.8, 4) is 11.5 Å². The molecule has 1 amide bonds. The molecule has 2 aromatic carbocycles. The predicted molar refractivity (Wildman–Crippen MR) is 112 cm³/mol. The molecule has 31 heavy (non-hydrogen) atoms. The second kappa shape index (κ2) is 8.84. The van der Waals surface area contributed by atoms with Gasteiger partial charge in [-0.05, 0) is 62.4 Å². The maximum Gasteiger partial charge on any atom is 0.240 e. The number of sulfonamides is 1. The Hall–Kier alpha value is -2.65. The first-order valence-electron chi connectivity index (χ1n) is 10.3. The average Bonchev–Trinajstić information content (AvgIpc) is 3.22. The molecule has 2 aromatic rings. The summed E-state index contributed by atoms with van der Waals surface area (Å²) in [7, 11) is -3.69. The summed E-state index contributed by atoms with van der Waals surface area (Å²) >= 11 is 0. The molecular formula is C22H25FN2O5S. The fourth-order valence-corrected chi connectivity index (χ4v) is 5.29. The third-order valence-corrected chi connectivity index (χ3v) is 7.32. The van der Waals surface area contributed by atoms with Crippen LogP contribution in [-0.4, -0.2) is 27.2 Å². The summed E-state index contributed by atoms with van der Waals surface area (Å²) in [6.07, 6.45) is 2.34. The molecule has 1 atom stereocenters. The number of carbonyl (C=O) groups is 1. The Bertz CT molecular complexity index is 1050. The maximum absolute atomic E-state index is 13.1. The van der Waals surface area contributed by atoms with Crippen molar-refractivity contribution in [2.24, 2.45) is 5.92 Å². The number of rotatable bonds is 6. The molecule has 2 aliphatic rings. The standard InChI is InChI=1S/C22H25FN2O5S/c1-14(15-2-6-17(23)7-3-15)24-22(26)16-4-8-18(9-5-16)25-31(27,28)19-10-11-20-21(12-19)30-13-29-20/h2-3,6-7,10-12,14,16,18,25H,4-5,8-9,13H2,1H3,(H,24,26)/t14-,16-,18-/m1/s1. The Labute approximate surface area is 181 Å². The van der Waals surface area contributed by atoms with Gasteiger partial charge in [-0.15, -0.1) is 0 Å². The van der Waals surface area contributed by atoms with E-state index in [4.69, 9.17) is 9.47 Å². The second-order valence-corrected chi connectivity index (χ2v) is 9.68. The van der Waals surface area contributed by atoms with Crippen molar-refractivity contribution in [1.29, 1.82) is 0 Å². The smallest absolute Gasteiger partial charge is 0.240 e. The molecule has 0 spiro atoms. The van der Waals surface area contributed by atoms with Crippen LogP contribution in [0.5, 0.6) is 11.5 Å². The van der Waals surface area contributed by atoms with Gasteiger partial charge in [0.25, 0.3) is 0 Å². The highest BCUT2D eigenvalue weighted by Crippen LogP contribution is 2.34. The minimum Gasteiger partial charge on any atom is -0.454 e. The molecule has 166 valence electrons. The van der Waals surface area contributed by atoms with Crippen LogP contribution in [0.15, 0.2) is 47.4 Å². The van der Waals surface area contributed by atoms with Gasteiger partial charge in [0, 0.05) is 18.0 Å². The molecule has 0 unspecified atom stereocenters. The molecular weight excluding hydrogens is 423 g/mol. The number of nitrogens with one attached hydrogen (secondary N) is 2. The lowest BCUT2D eigenvalue weighted by molar-refractivity contribution is -0.126. The summed E-state index contributed by atoms with van der Waals surface area (Å²) in [6, 6.07) is 10.1. The highest BCUT2D eigenvalue weighted by molar-refractivity contribution is 7.89. The van der Waals surface area contributed by atoms with Crippen molar-refractivity contribution in [3.63, 3.8) is 0 Å². The van der Waals surface area contributed by atoms with Gasteiger partial charge in [0.2, 0.25) is 22.7 Å². The summed E-state index contributed by atoms with van der Waals surface area (Å²) in [5.41, 5.74) is 0.833. The highest BCUT2D eigenvalue weighted by atomic mass is 32.2. The summed E-state index contributed by atoms with van der Waals surface area (Å²) < 4.78 is 51.8. The van der Waals surface area contributed by atoms with Gasteiger partial charge in [-0.2, -0.15) is 0 Å². The first-order chi connectivity index (χ1) is 14.8. The van der Waals surface area contributed by atoms with E-state index < -0.39 is 10.0 Å². The molecule has 0 bridgehead atoms. The first kappa shape index (κ1) is 21.6. The van der Waals surface area contributed by atoms with Crippen LogP contribution in [-0.2, 0) is 14.8 Å². The summed E-state index contributed by atoms with van der Waals surface area (Å²) in [5, 5.41) is 2.97. The number of benzene rings is 2. The van der Waals surface area contributed by atoms with E-state index in [-0.39, 0.29) is 41.4 Å². The van der Waals surface area contributed by atoms with Crippen molar-refractivity contribution >= 4 is 15.9 Å². The van der Waals surface area contributed by atoms with E-state index >= 15 is 0 Å². The van der Waals surface area contributed by atoms with Gasteiger partial charge in [-0.3, -0.25) is 4.79 Å². The predicted octanol–water partition coefficient (Wildman–Crippen LogP) is 3.27. The van der Waals surface area contributed by atoms with E-state index in [1.807, 2.05) is 6.92 Å². The number of amides is 1. The molecule has 1 heterocycles. The number of halogens is 1. The number of ether oxygens (including phenoxy) is 2. The van der Waals surface area contributed by atoms with Gasteiger partial charge in [-0.25, -0.2) is 17.5 Å². The van der Waals surface area contributed by atoms with E-state index in [2.05, 4.69) is 10.0 Å². The maximum atomic E-state index is 13.1. The number of fused-ring (bicyclic) bond motifs is 1. The largest absolute Gasteiger partial charge is 0.454 e. The molecule has 2 N–H and O–H groups in total. The lowest BCUT2D eigenvalue weighted by Gasteiger charge is -2.29. The van der Waals surface area contributed by atoms with Crippen LogP contribution < -0.4 is 19.5 Å². The van der Waals surface area contributed by atoms with Crippen molar-refractivity contribution in [1.82, 2.24) is 10.0 Å². The quantitative estimate of drug-likeness (QED) is 0.708. The number of carbonyl (C=O) groups excluding carboxylic acids is 1. The Morgan fingerprint density at radius 3 is 2.42 bits per heavy atom. The Kier molecular flexibility index (Phi) is 6.15. The molecule has 0 radical (unpaired) electrons. The lowest BCUT2D eigenvalue weighted by Crippen LogP contribution is -2.41. The second-order valence-electron chi connectivity index (χ2n) is 7.97. The van der Waals surface area contributed by atoms with Gasteiger partial charge < -0.3 is 14.8 Å². The van der Waals surface area contributed by atoms with Crippen LogP contribution in [0.1, 0.15) is 44.2 Å². The number of hydrogen-bond donors (Lipinski definition) is 2. The zero-order chi connectivity index (χ0) is 22.0. The molecule has 1 fully saturated rings. The minimum atomic E-state index is -3.69. The molecule has 0 saturated heterocycles. The third-order valence-electron chi connectivity index (χ3n) is 5.80. The van der Waals surface area contributed by atoms with Crippen molar-refractivity contribution < 1.29 is 27.1 Å². The Balaban J connectivity index is 1.30. The van der Waals surface area contributed by atoms with Gasteiger partial charge >= 0.3 is 0 Å². The summed E-state index contributed by atoms with van der Waals surface area (Å²) in [6.45, 7) is 1.94. The zero-order valence-electron chi connectivity index (χ0n) is 17.1. The first-order valence-corrected chi connectivity index (χ1v) is 11.8. The molecule has 7 nitrogen and oxygen atoms in total. The fraction of sp³-hybridized carbons (Fsp3) is 0.409. The molecule has 1 aliphatic carbocycles. The van der Waals surface area contributed by atoms with Crippen LogP contribution in [0.4, 0.5) is 4.39 Å². The topological polar surface area (TPSA) is 93.7 Å². The fourth-order valence-electron chi connectivity index (χ4n) is 3.97. The minimum absolute atomic E-state index is 0.0612. The van der Waals surface area contributed by atoms with E-state index in [9.17, 15) is 17.6 Å². The summed E-state index contributed by atoms with van der Waals surface area (Å²) in [4.78, 5) is 12.8. The van der Waals surface area contributed by atoms with Crippen molar-refractivity contribution in [2.75, 3.05) is 6.79 Å². The molecule has 4 rings (SSSR count). The van der Waals surface area contributed by atoms with E-state index in [1.54, 1.807) is 18.2 Å². The van der Waals surface area contributed by atoms with Crippen LogP contribution in [0.3, 0.4) is 0 Å². The normalized spacial score (nSPS) is 21.5. The summed E-state index contributed by atoms with van der Waals surface area (Å²) in [5.74, 6) is 0.394. The molecule has 1 saturated carbocycles. The lowest BCUT2D eigenvalue weighted by atomic mass is 9.85. The third kappa shape index (κ3) is 4.99. The van der Waals surface area contributed by atoms with E-state index in [0.29, 0.717) is 37.2 Å². The van der Waals surface area contributed by atoms with Crippen LogP contribution in [0.25, 0.3) is 0 Å². The van der Waals surface area contributed by atoms with Gasteiger partial charge in [-0.1, -0.05) is 12.1 Å². The van der Waals surface area contributed by atoms with Gasteiger partial charge in [0.15, 0.2) is 11.5 Å². The van der Waals surface area contributed by atoms with Crippen LogP contribution in [0.2, 0.25) is 0 Å². The zero-order valence-corrected chi connectivity index (χ0v) is 18.0. The van der Waals surface area contributed by atoms with Gasteiger partial charge in [0.05, 0.1) is 10.9 Å². The molecule has 0 aromatic heterocycles. The van der Waals surface area contributed by atoms with Crippen molar-refractivity contribution in [2.45, 2.75) is 49.6 Å². The Morgan fingerprint density at radius 2 is 1.71 bits per heavy atom. The van der Waals surface area contributed by atoms with Crippen LogP contribution >= 0.6 is 0 Å². The molecule has 9 heteroatoms.